The number of piperidine rings is 4. The van der Waals surface area contributed by atoms with Gasteiger partial charge in [0, 0.05) is 164 Å². The zero-order valence-electron chi connectivity index (χ0n) is 120. The topological polar surface area (TPSA) is 296 Å². The van der Waals surface area contributed by atoms with Crippen LogP contribution in [0.15, 0.2) is 48.3 Å². The minimum absolute atomic E-state index is 0.00664. The molecule has 4 aromatic carbocycles. The molecular formula is C96H152N8O16. The molecule has 8 aliphatic rings. The third kappa shape index (κ3) is 23.8. The quantitative estimate of drug-likeness (QED) is 0.0303. The molecule has 672 valence electrons. The molecule has 4 saturated heterocycles. The zero-order chi connectivity index (χ0) is 130. The van der Waals surface area contributed by atoms with E-state index in [0.717, 1.165) is 0 Å². The fourth-order valence-corrected chi connectivity index (χ4v) is 17.1. The fraction of sp³-hybridized carbons (Fsp3) is 0.708. The number of nitrogens with two attached hydrogens (primary N) is 4. The molecule has 4 aromatic rings. The van der Waals surface area contributed by atoms with Gasteiger partial charge in [0.25, 0.3) is 0 Å². The number of carbonyl (C=O) groups is 4. The minimum atomic E-state index is -3.81. The lowest BCUT2D eigenvalue weighted by Gasteiger charge is -2.47. The van der Waals surface area contributed by atoms with Gasteiger partial charge in [-0.1, -0.05) is 110 Å². The van der Waals surface area contributed by atoms with Crippen LogP contribution in [0.25, 0.3) is 0 Å². The molecule has 4 fully saturated rings. The highest BCUT2D eigenvalue weighted by Crippen LogP contribution is 2.50. The van der Waals surface area contributed by atoms with Crippen molar-refractivity contribution in [2.45, 2.75) is 260 Å². The normalized spacial score (nSPS) is 35.1. The van der Waals surface area contributed by atoms with Crippen molar-refractivity contribution in [3.8, 4) is 46.0 Å². The number of fused-ring (bicyclic) bond motifs is 12. The van der Waals surface area contributed by atoms with Crippen LogP contribution in [0.3, 0.4) is 0 Å². The van der Waals surface area contributed by atoms with Crippen molar-refractivity contribution in [2.75, 3.05) is 109 Å². The lowest BCUT2D eigenvalue weighted by molar-refractivity contribution is -0.161. The van der Waals surface area contributed by atoms with Gasteiger partial charge in [0.05, 0.1) is 85.5 Å². The van der Waals surface area contributed by atoms with Crippen LogP contribution in [0, 0.1) is 70.9 Å². The highest BCUT2D eigenvalue weighted by molar-refractivity contribution is 5.77. The van der Waals surface area contributed by atoms with Gasteiger partial charge in [0.15, 0.2) is 46.0 Å². The van der Waals surface area contributed by atoms with Crippen molar-refractivity contribution >= 4 is 23.9 Å². The molecule has 24 nitrogen and oxygen atoms in total. The molecule has 12 rings (SSSR count). The van der Waals surface area contributed by atoms with Gasteiger partial charge < -0.3 is 79.8 Å². The first-order valence-corrected chi connectivity index (χ1v) is 40.1. The summed E-state index contributed by atoms with van der Waals surface area (Å²) in [5.74, 6) is -25.6. The van der Waals surface area contributed by atoms with Gasteiger partial charge in [0.2, 0.25) is 0 Å². The van der Waals surface area contributed by atoms with Crippen molar-refractivity contribution in [2.24, 2.45) is 93.9 Å². The number of ether oxygens (including phenoxy) is 12. The summed E-state index contributed by atoms with van der Waals surface area (Å²) < 4.78 is 458. The molecular weight excluding hydrogens is 1520 g/mol. The van der Waals surface area contributed by atoms with Crippen LogP contribution >= 0.6 is 0 Å². The second kappa shape index (κ2) is 43.9. The molecule has 12 unspecified atom stereocenters. The predicted molar refractivity (Wildman–Crippen MR) is 471 cm³/mol. The fourth-order valence-electron chi connectivity index (χ4n) is 17.1. The van der Waals surface area contributed by atoms with Gasteiger partial charge in [-0.05, 0) is 191 Å². The van der Waals surface area contributed by atoms with Gasteiger partial charge in [-0.15, -0.1) is 0 Å². The Morgan fingerprint density at radius 1 is 0.358 bits per heavy atom. The number of hydrogen-bond acceptors (Lipinski definition) is 24. The van der Waals surface area contributed by atoms with E-state index in [1.165, 1.54) is 42.7 Å². The van der Waals surface area contributed by atoms with Gasteiger partial charge >= 0.3 is 23.9 Å². The number of rotatable bonds is 28. The molecule has 24 heteroatoms. The molecule has 120 heavy (non-hydrogen) atoms. The van der Waals surface area contributed by atoms with Crippen LogP contribution in [0.5, 0.6) is 46.0 Å². The third-order valence-corrected chi connectivity index (χ3v) is 22.6. The molecule has 8 heterocycles. The molecule has 16 atom stereocenters. The van der Waals surface area contributed by atoms with Crippen LogP contribution in [0.4, 0.5) is 0 Å². The molecule has 0 amide bonds. The lowest BCUT2D eigenvalue weighted by Crippen LogP contribution is -2.51. The Labute approximate surface area is 787 Å². The van der Waals surface area contributed by atoms with Gasteiger partial charge in [-0.2, -0.15) is 0 Å². The number of methoxy groups -OCH3 is 8. The van der Waals surface area contributed by atoms with E-state index in [4.69, 9.17) is 143 Å². The second-order valence-electron chi connectivity index (χ2n) is 32.6. The first-order chi connectivity index (χ1) is 76.3. The Balaban J connectivity index is 0.000000247. The summed E-state index contributed by atoms with van der Waals surface area (Å²) in [4.78, 5) is 61.7. The summed E-state index contributed by atoms with van der Waals surface area (Å²) in [5, 5.41) is 0. The summed E-state index contributed by atoms with van der Waals surface area (Å²) in [7, 11) is 1.98. The summed E-state index contributed by atoms with van der Waals surface area (Å²) in [6.45, 7) is -11.6. The number of esters is 4. The Kier molecular flexibility index (Phi) is 17.9. The molecule has 0 aliphatic carbocycles. The smallest absolute Gasteiger partial charge is 0.323 e. The molecule has 8 N–H and O–H groups in total. The maximum Gasteiger partial charge on any atom is 0.323 e. The van der Waals surface area contributed by atoms with E-state index in [1.807, 2.05) is 75.0 Å². The maximum absolute atomic E-state index is 13.5. The van der Waals surface area contributed by atoms with E-state index in [-0.39, 0.29) is 181 Å². The van der Waals surface area contributed by atoms with Crippen LogP contribution in [-0.2, 0) is 63.8 Å². The van der Waals surface area contributed by atoms with E-state index >= 15 is 0 Å². The van der Waals surface area contributed by atoms with Crippen LogP contribution < -0.4 is 60.8 Å². The molecule has 0 radical (unpaired) electrons. The van der Waals surface area contributed by atoms with E-state index in [0.29, 0.717) is 111 Å². The Hall–Kier alpha value is -7.16. The van der Waals surface area contributed by atoms with E-state index < -0.39 is 212 Å². The van der Waals surface area contributed by atoms with Crippen LogP contribution in [0.1, 0.15) is 297 Å². The van der Waals surface area contributed by atoms with Gasteiger partial charge in [-0.25, -0.2) is 0 Å². The number of hydrogen-bond donors (Lipinski definition) is 4. The van der Waals surface area contributed by atoms with Gasteiger partial charge in [0.1, 0.15) is 48.4 Å². The SMILES string of the molecule is [2H]c1c2c(c([2H])c(OC)c1OC([2H])([2H])[2H])C1CC(OC(=O)[C@@]([2H])(N)C([2H])(C([2H])([2H])[2H])C([2H])([2H])[2H])C(CC(C)C)CN1CC2.[2H]c1c2c(c([2H])c(OC)c1OC([2H])([2H])[2H])C1CC([2H])(OC(=O)[C@@]([2H])(N)C([2H])(C([2H])([2H])[2H])C([2H])([2H])[2H])C(CC(C)C)CN1CC2.[2H]c1c2c(c([2H])c(OC)c1OC)C1CC([2H])(OC(=O)[C@@]([2H])(N)C([2H])(C([2H])([2H])[2H])C([2H])([2H])[2H])C(CC(C)C)CN1CC2.[2H]c1c2c(c([2H])c(OC)c1OC)C1CC([2H])(OC(=O)[C@@]([2H])(N)C([2H])(C([2H])([2H])[2H])C([2H])([2H])[2H])C(CC(C)C)CN1CC2. The van der Waals surface area contributed by atoms with Crippen LogP contribution in [0.2, 0.25) is 0 Å². The van der Waals surface area contributed by atoms with Crippen molar-refractivity contribution in [3.05, 3.63) is 92.8 Å². The second-order valence-corrected chi connectivity index (χ2v) is 32.6. The summed E-state index contributed by atoms with van der Waals surface area (Å²) >= 11 is 0. The van der Waals surface area contributed by atoms with Crippen molar-refractivity contribution in [1.29, 1.82) is 0 Å². The summed E-state index contributed by atoms with van der Waals surface area (Å²) in [5.41, 5.74) is 26.1. The average Bonchev–Trinajstić information content (AvgIpc) is 0.718. The molecule has 0 bridgehead atoms. The Morgan fingerprint density at radius 3 is 0.825 bits per heavy atom. The number of carbonyl (C=O) groups excluding carboxylic acids is 4. The zero-order valence-corrected chi connectivity index (χ0v) is 70.8. The highest BCUT2D eigenvalue weighted by atomic mass is 16.6. The van der Waals surface area contributed by atoms with Crippen molar-refractivity contribution < 1.29 is 143 Å². The Bertz CT molecular complexity index is 6060. The largest absolute Gasteiger partial charge is 0.493 e. The standard InChI is InChI=1S/4C24H38N2O4/c4*1-14(2)9-17-13-26-8-7-16-10-21(28-5)22(29-6)11-18(16)19(26)12-20(17)30-24(27)23(25)15(3)4/h4*10-11,14-15,17,19-20,23H,7-9,12-13,25H2,1-6H3/t4*17?,19?,20?,23-/m0000/s1/i3D3,4D3,5D3,10D,11D,15D,20D,23D;2*3D3,4D3,10D,11D,15D,20D,23D;3D3,4D3,5D3,10D,11D,15D,23D. The highest BCUT2D eigenvalue weighted by Gasteiger charge is 2.47. The molecule has 0 aromatic heterocycles. The Morgan fingerprint density at radius 2 is 0.583 bits per heavy atom. The average molecular weight is 1720 g/mol. The van der Waals surface area contributed by atoms with Crippen molar-refractivity contribution in [1.82, 2.24) is 19.6 Å². The molecule has 8 aliphatic heterocycles. The molecule has 0 saturated carbocycles. The summed E-state index contributed by atoms with van der Waals surface area (Å²) in [6, 6.07) is -18.3. The maximum atomic E-state index is 13.5. The third-order valence-electron chi connectivity index (χ3n) is 22.6. The van der Waals surface area contributed by atoms with Crippen LogP contribution in [-0.4, -0.2) is 201 Å². The number of nitrogens with zero attached hydrogens (tertiary/aromatic N) is 4. The minimum Gasteiger partial charge on any atom is -0.493 e. The van der Waals surface area contributed by atoms with E-state index in [1.54, 1.807) is 0 Å². The van der Waals surface area contributed by atoms with E-state index in [2.05, 4.69) is 0 Å². The predicted octanol–water partition coefficient (Wildman–Crippen LogP) is 14.3. The number of benzene rings is 4. The van der Waals surface area contributed by atoms with Gasteiger partial charge in [-0.3, -0.25) is 38.8 Å². The first-order valence-electron chi connectivity index (χ1n) is 64.6. The monoisotopic (exact) mass is 1720 g/mol. The summed E-state index contributed by atoms with van der Waals surface area (Å²) in [6.07, 6.45) is -5.36. The van der Waals surface area contributed by atoms with Crippen molar-refractivity contribution in [3.63, 3.8) is 0 Å². The van der Waals surface area contributed by atoms with E-state index in [9.17, 15) is 23.3 Å². The first kappa shape index (κ1) is 48.9. The molecule has 0 spiro atoms. The lowest BCUT2D eigenvalue weighted by atomic mass is 9.79.